The number of hydrogen-bond donors (Lipinski definition) is 0. The molecule has 0 spiro atoms. The fourth-order valence-electron chi connectivity index (χ4n) is 4.13. The Kier molecular flexibility index (Phi) is 6.30. The molecule has 2 aliphatic rings. The van der Waals surface area contributed by atoms with Gasteiger partial charge in [0.2, 0.25) is 5.91 Å². The highest BCUT2D eigenvalue weighted by Crippen LogP contribution is 2.26. The number of likely N-dealkylation sites (tertiary alicyclic amines) is 1. The van der Waals surface area contributed by atoms with Gasteiger partial charge >= 0.3 is 0 Å². The van der Waals surface area contributed by atoms with Gasteiger partial charge in [-0.1, -0.05) is 25.1 Å². The second-order valence-corrected chi connectivity index (χ2v) is 7.39. The lowest BCUT2D eigenvalue weighted by atomic mass is 9.96. The Balaban J connectivity index is 1.61. The van der Waals surface area contributed by atoms with Crippen molar-refractivity contribution in [2.75, 3.05) is 26.2 Å². The minimum absolute atomic E-state index is 0.00877. The molecule has 0 aromatic heterocycles. The average Bonchev–Trinajstić information content (AvgIpc) is 3.12. The van der Waals surface area contributed by atoms with E-state index in [1.807, 2.05) is 42.2 Å². The first kappa shape index (κ1) is 18.9. The molecule has 5 nitrogen and oxygen atoms in total. The number of carbonyl (C=O) groups is 2. The van der Waals surface area contributed by atoms with Crippen molar-refractivity contribution in [2.24, 2.45) is 5.92 Å². The summed E-state index contributed by atoms with van der Waals surface area (Å²) in [4.78, 5) is 29.7. The lowest BCUT2D eigenvalue weighted by Gasteiger charge is -2.40. The van der Waals surface area contributed by atoms with E-state index in [1.54, 1.807) is 0 Å². The summed E-state index contributed by atoms with van der Waals surface area (Å²) in [6.45, 7) is 7.01. The quantitative estimate of drug-likeness (QED) is 0.813. The predicted octanol–water partition coefficient (Wildman–Crippen LogP) is 2.95. The second kappa shape index (κ2) is 8.67. The van der Waals surface area contributed by atoms with E-state index < -0.39 is 0 Å². The maximum absolute atomic E-state index is 13.0. The maximum atomic E-state index is 13.0. The van der Waals surface area contributed by atoms with Crippen molar-refractivity contribution >= 4 is 11.8 Å². The molecule has 2 heterocycles. The molecular formula is C21H30N2O3. The summed E-state index contributed by atoms with van der Waals surface area (Å²) in [5.41, 5.74) is 0.740. The molecule has 2 fully saturated rings. The van der Waals surface area contributed by atoms with Crippen LogP contribution in [0, 0.1) is 5.92 Å². The molecule has 2 aliphatic heterocycles. The number of benzene rings is 1. The van der Waals surface area contributed by atoms with Crippen molar-refractivity contribution in [3.05, 3.63) is 35.9 Å². The van der Waals surface area contributed by atoms with Crippen LogP contribution in [0.15, 0.2) is 30.3 Å². The third kappa shape index (κ3) is 4.09. The van der Waals surface area contributed by atoms with Crippen LogP contribution in [0.25, 0.3) is 0 Å². The van der Waals surface area contributed by atoms with Crippen LogP contribution in [-0.4, -0.2) is 60.0 Å². The highest BCUT2D eigenvalue weighted by atomic mass is 16.5. The van der Waals surface area contributed by atoms with Crippen LogP contribution in [0.1, 0.15) is 49.9 Å². The molecule has 142 valence electrons. The third-order valence-electron chi connectivity index (χ3n) is 5.65. The van der Waals surface area contributed by atoms with Crippen LogP contribution in [0.2, 0.25) is 0 Å². The Morgan fingerprint density at radius 2 is 1.85 bits per heavy atom. The summed E-state index contributed by atoms with van der Waals surface area (Å²) in [7, 11) is 0. The zero-order chi connectivity index (χ0) is 18.5. The van der Waals surface area contributed by atoms with E-state index in [-0.39, 0.29) is 29.9 Å². The van der Waals surface area contributed by atoms with Crippen LogP contribution in [0.5, 0.6) is 0 Å². The highest BCUT2D eigenvalue weighted by Gasteiger charge is 2.37. The first-order chi connectivity index (χ1) is 12.6. The van der Waals surface area contributed by atoms with Crippen LogP contribution in [0.3, 0.4) is 0 Å². The van der Waals surface area contributed by atoms with Crippen molar-refractivity contribution in [1.29, 1.82) is 0 Å². The van der Waals surface area contributed by atoms with E-state index >= 15 is 0 Å². The summed E-state index contributed by atoms with van der Waals surface area (Å²) in [6, 6.07) is 9.67. The van der Waals surface area contributed by atoms with Crippen molar-refractivity contribution < 1.29 is 14.3 Å². The van der Waals surface area contributed by atoms with Gasteiger partial charge in [0.1, 0.15) is 0 Å². The molecule has 1 aromatic carbocycles. The van der Waals surface area contributed by atoms with E-state index in [0.717, 1.165) is 37.8 Å². The molecule has 0 N–H and O–H groups in total. The lowest BCUT2D eigenvalue weighted by Crippen LogP contribution is -2.51. The van der Waals surface area contributed by atoms with E-state index in [0.29, 0.717) is 19.7 Å². The van der Waals surface area contributed by atoms with Crippen LogP contribution < -0.4 is 0 Å². The summed E-state index contributed by atoms with van der Waals surface area (Å²) >= 11 is 0. The van der Waals surface area contributed by atoms with E-state index in [9.17, 15) is 9.59 Å². The molecule has 3 rings (SSSR count). The lowest BCUT2D eigenvalue weighted by molar-refractivity contribution is -0.140. The Hall–Kier alpha value is -1.88. The molecule has 26 heavy (non-hydrogen) atoms. The first-order valence-corrected chi connectivity index (χ1v) is 9.88. The van der Waals surface area contributed by atoms with Gasteiger partial charge in [-0.2, -0.15) is 0 Å². The fraction of sp³-hybridized carbons (Fsp3) is 0.619. The summed E-state index contributed by atoms with van der Waals surface area (Å²) in [5, 5.41) is 0. The molecule has 0 aliphatic carbocycles. The molecule has 1 aromatic rings. The van der Waals surface area contributed by atoms with E-state index in [4.69, 9.17) is 4.74 Å². The Morgan fingerprint density at radius 3 is 2.42 bits per heavy atom. The smallest absolute Gasteiger partial charge is 0.253 e. The monoisotopic (exact) mass is 358 g/mol. The van der Waals surface area contributed by atoms with Crippen molar-refractivity contribution in [2.45, 2.75) is 51.7 Å². The maximum Gasteiger partial charge on any atom is 0.253 e. The number of carbonyl (C=O) groups excluding carboxylic acids is 2. The van der Waals surface area contributed by atoms with Gasteiger partial charge in [-0.3, -0.25) is 9.59 Å². The Labute approximate surface area is 156 Å². The van der Waals surface area contributed by atoms with Gasteiger partial charge in [0.05, 0.1) is 12.0 Å². The van der Waals surface area contributed by atoms with Gasteiger partial charge in [0.25, 0.3) is 5.91 Å². The minimum Gasteiger partial charge on any atom is -0.378 e. The Morgan fingerprint density at radius 1 is 1.15 bits per heavy atom. The van der Waals surface area contributed by atoms with Crippen molar-refractivity contribution in [1.82, 2.24) is 9.80 Å². The van der Waals surface area contributed by atoms with Crippen molar-refractivity contribution in [3.63, 3.8) is 0 Å². The fourth-order valence-corrected chi connectivity index (χ4v) is 4.13. The van der Waals surface area contributed by atoms with Gasteiger partial charge in [-0.15, -0.1) is 0 Å². The van der Waals surface area contributed by atoms with Crippen LogP contribution >= 0.6 is 0 Å². The van der Waals surface area contributed by atoms with Gasteiger partial charge in [-0.05, 0) is 44.7 Å². The number of ether oxygens (including phenoxy) is 1. The number of hydrogen-bond acceptors (Lipinski definition) is 3. The largest absolute Gasteiger partial charge is 0.378 e. The van der Waals surface area contributed by atoms with Crippen LogP contribution in [0.4, 0.5) is 0 Å². The summed E-state index contributed by atoms with van der Waals surface area (Å²) in [5.74, 6) is 0.324. The summed E-state index contributed by atoms with van der Waals surface area (Å²) in [6.07, 6.45) is 3.50. The molecule has 0 bridgehead atoms. The molecule has 0 radical (unpaired) electrons. The number of amides is 2. The van der Waals surface area contributed by atoms with E-state index in [1.165, 1.54) is 0 Å². The molecule has 0 saturated carbocycles. The van der Waals surface area contributed by atoms with Gasteiger partial charge in [-0.25, -0.2) is 0 Å². The topological polar surface area (TPSA) is 49.9 Å². The minimum atomic E-state index is -0.00877. The zero-order valence-corrected chi connectivity index (χ0v) is 15.9. The normalized spacial score (nSPS) is 23.8. The standard InChI is InChI=1S/C21H30N2O3/c1-3-12-23(21(25)19-11-15-26-16(19)2)18-9-13-22(14-10-18)20(24)17-7-5-4-6-8-17/h4-8,16,18-19H,3,9-15H2,1-2H3. The van der Waals surface area contributed by atoms with E-state index in [2.05, 4.69) is 11.8 Å². The predicted molar refractivity (Wildman–Crippen MR) is 101 cm³/mol. The molecule has 2 atom stereocenters. The summed E-state index contributed by atoms with van der Waals surface area (Å²) < 4.78 is 5.60. The van der Waals surface area contributed by atoms with Gasteiger partial charge < -0.3 is 14.5 Å². The zero-order valence-electron chi connectivity index (χ0n) is 15.9. The second-order valence-electron chi connectivity index (χ2n) is 7.39. The van der Waals surface area contributed by atoms with Crippen LogP contribution in [-0.2, 0) is 9.53 Å². The SMILES string of the molecule is CCCN(C(=O)C1CCOC1C)C1CCN(C(=O)c2ccccc2)CC1. The molecule has 2 unspecified atom stereocenters. The highest BCUT2D eigenvalue weighted by molar-refractivity contribution is 5.94. The number of piperidine rings is 1. The first-order valence-electron chi connectivity index (χ1n) is 9.88. The number of nitrogens with zero attached hydrogens (tertiary/aromatic N) is 2. The molecular weight excluding hydrogens is 328 g/mol. The van der Waals surface area contributed by atoms with Gasteiger partial charge in [0.15, 0.2) is 0 Å². The Bertz CT molecular complexity index is 611. The molecule has 2 saturated heterocycles. The number of rotatable bonds is 5. The van der Waals surface area contributed by atoms with Gasteiger partial charge in [0, 0.05) is 37.8 Å². The van der Waals surface area contributed by atoms with Crippen molar-refractivity contribution in [3.8, 4) is 0 Å². The average molecular weight is 358 g/mol. The molecule has 2 amide bonds. The third-order valence-corrected chi connectivity index (χ3v) is 5.65. The molecule has 5 heteroatoms.